The van der Waals surface area contributed by atoms with Gasteiger partial charge in [0.2, 0.25) is 0 Å². The van der Waals surface area contributed by atoms with Gasteiger partial charge in [-0.05, 0) is 12.1 Å². The molecule has 1 aliphatic rings. The number of hydrogen-bond acceptors (Lipinski definition) is 4. The van der Waals surface area contributed by atoms with Crippen LogP contribution in [0.4, 0.5) is 0 Å². The molecular weight excluding hydrogens is 288 g/mol. The van der Waals surface area contributed by atoms with Gasteiger partial charge in [0.25, 0.3) is 0 Å². The van der Waals surface area contributed by atoms with Crippen molar-refractivity contribution in [2.45, 2.75) is 18.9 Å². The Hall–Kier alpha value is -1.66. The SMILES string of the molecule is C=C(OC)c1cnn2cc(OC3CC[S+]([O-])CC3)ccc12. The summed E-state index contributed by atoms with van der Waals surface area (Å²) in [7, 11) is 1.59. The van der Waals surface area contributed by atoms with E-state index in [9.17, 15) is 4.55 Å². The average Bonchev–Trinajstić information content (AvgIpc) is 2.92. The molecule has 2 aromatic heterocycles. The van der Waals surface area contributed by atoms with Crippen LogP contribution >= 0.6 is 0 Å². The molecule has 1 saturated heterocycles. The molecule has 6 heteroatoms. The van der Waals surface area contributed by atoms with Gasteiger partial charge in [-0.25, -0.2) is 4.52 Å². The van der Waals surface area contributed by atoms with Crippen LogP contribution in [0.1, 0.15) is 18.4 Å². The molecule has 0 bridgehead atoms. The maximum atomic E-state index is 11.4. The Balaban J connectivity index is 1.77. The van der Waals surface area contributed by atoms with Crippen molar-refractivity contribution in [2.24, 2.45) is 0 Å². The highest BCUT2D eigenvalue weighted by molar-refractivity contribution is 7.91. The molecule has 0 spiro atoms. The molecule has 0 N–H and O–H groups in total. The molecule has 3 rings (SSSR count). The molecule has 0 aliphatic carbocycles. The van der Waals surface area contributed by atoms with Gasteiger partial charge in [0, 0.05) is 12.8 Å². The minimum atomic E-state index is -0.665. The second kappa shape index (κ2) is 5.99. The van der Waals surface area contributed by atoms with Crippen molar-refractivity contribution in [3.8, 4) is 5.75 Å². The number of pyridine rings is 1. The third-order valence-electron chi connectivity index (χ3n) is 3.67. The first-order chi connectivity index (χ1) is 10.2. The monoisotopic (exact) mass is 306 g/mol. The lowest BCUT2D eigenvalue weighted by molar-refractivity contribution is 0.188. The molecule has 0 amide bonds. The van der Waals surface area contributed by atoms with E-state index in [1.165, 1.54) is 0 Å². The molecule has 0 unspecified atom stereocenters. The number of rotatable bonds is 4. The Kier molecular flexibility index (Phi) is 4.07. The van der Waals surface area contributed by atoms with Gasteiger partial charge in [0.15, 0.2) is 0 Å². The summed E-state index contributed by atoms with van der Waals surface area (Å²) in [6.07, 6.45) is 5.41. The molecule has 112 valence electrons. The second-order valence-electron chi connectivity index (χ2n) is 5.05. The zero-order valence-electron chi connectivity index (χ0n) is 11.9. The second-order valence-corrected chi connectivity index (χ2v) is 6.74. The lowest BCUT2D eigenvalue weighted by Gasteiger charge is -2.24. The smallest absolute Gasteiger partial charge is 0.138 e. The first kappa shape index (κ1) is 14.3. The fourth-order valence-electron chi connectivity index (χ4n) is 2.44. The first-order valence-electron chi connectivity index (χ1n) is 6.89. The Labute approximate surface area is 126 Å². The minimum Gasteiger partial charge on any atom is -0.616 e. The van der Waals surface area contributed by atoms with Crippen molar-refractivity contribution in [1.82, 2.24) is 9.61 Å². The highest BCUT2D eigenvalue weighted by Gasteiger charge is 2.23. The van der Waals surface area contributed by atoms with Crippen LogP contribution in [-0.2, 0) is 15.9 Å². The van der Waals surface area contributed by atoms with Crippen molar-refractivity contribution in [1.29, 1.82) is 0 Å². The summed E-state index contributed by atoms with van der Waals surface area (Å²) in [5, 5.41) is 4.30. The molecule has 0 radical (unpaired) electrons. The van der Waals surface area contributed by atoms with E-state index in [2.05, 4.69) is 11.7 Å². The van der Waals surface area contributed by atoms with Crippen LogP contribution < -0.4 is 4.74 Å². The van der Waals surface area contributed by atoms with Gasteiger partial charge in [-0.1, -0.05) is 17.8 Å². The molecule has 0 aromatic carbocycles. The summed E-state index contributed by atoms with van der Waals surface area (Å²) in [5.41, 5.74) is 1.80. The molecule has 0 saturated carbocycles. The van der Waals surface area contributed by atoms with Gasteiger partial charge in [0.05, 0.1) is 30.6 Å². The molecule has 3 heterocycles. The van der Waals surface area contributed by atoms with Gasteiger partial charge in [0.1, 0.15) is 29.1 Å². The van der Waals surface area contributed by atoms with E-state index >= 15 is 0 Å². The maximum absolute atomic E-state index is 11.4. The lowest BCUT2D eigenvalue weighted by Crippen LogP contribution is -2.30. The molecule has 1 aliphatic heterocycles. The summed E-state index contributed by atoms with van der Waals surface area (Å²) in [6.45, 7) is 3.85. The van der Waals surface area contributed by atoms with Gasteiger partial charge >= 0.3 is 0 Å². The van der Waals surface area contributed by atoms with Gasteiger partial charge in [-0.15, -0.1) is 0 Å². The van der Waals surface area contributed by atoms with Gasteiger partial charge in [-0.2, -0.15) is 5.10 Å². The van der Waals surface area contributed by atoms with Crippen LogP contribution in [0, 0.1) is 0 Å². The zero-order valence-corrected chi connectivity index (χ0v) is 12.8. The molecule has 5 nitrogen and oxygen atoms in total. The number of hydrogen-bond donors (Lipinski definition) is 0. The predicted molar refractivity (Wildman–Crippen MR) is 82.8 cm³/mol. The van der Waals surface area contributed by atoms with E-state index in [1.54, 1.807) is 17.8 Å². The Morgan fingerprint density at radius 3 is 2.90 bits per heavy atom. The summed E-state index contributed by atoms with van der Waals surface area (Å²) < 4.78 is 24.2. The van der Waals surface area contributed by atoms with Crippen LogP contribution in [0.2, 0.25) is 0 Å². The Bertz CT molecular complexity index is 647. The third kappa shape index (κ3) is 3.01. The fraction of sp³-hybridized carbons (Fsp3) is 0.400. The topological polar surface area (TPSA) is 58.8 Å². The summed E-state index contributed by atoms with van der Waals surface area (Å²) >= 11 is -0.665. The van der Waals surface area contributed by atoms with Crippen molar-refractivity contribution >= 4 is 22.5 Å². The van der Waals surface area contributed by atoms with E-state index in [1.807, 2.05) is 18.3 Å². The number of methoxy groups -OCH3 is 1. The van der Waals surface area contributed by atoms with Gasteiger partial charge < -0.3 is 14.0 Å². The minimum absolute atomic E-state index is 0.143. The van der Waals surface area contributed by atoms with Crippen LogP contribution in [-0.4, -0.2) is 38.9 Å². The molecular formula is C15H18N2O3S. The quantitative estimate of drug-likeness (QED) is 0.642. The number of fused-ring (bicyclic) bond motifs is 1. The van der Waals surface area contributed by atoms with E-state index in [4.69, 9.17) is 9.47 Å². The van der Waals surface area contributed by atoms with Crippen molar-refractivity contribution in [3.05, 3.63) is 36.7 Å². The highest BCUT2D eigenvalue weighted by atomic mass is 32.2. The summed E-state index contributed by atoms with van der Waals surface area (Å²) in [5.74, 6) is 2.82. The van der Waals surface area contributed by atoms with Gasteiger partial charge in [-0.3, -0.25) is 0 Å². The zero-order chi connectivity index (χ0) is 14.8. The van der Waals surface area contributed by atoms with Crippen LogP contribution in [0.5, 0.6) is 5.75 Å². The van der Waals surface area contributed by atoms with E-state index in [0.717, 1.165) is 41.2 Å². The highest BCUT2D eigenvalue weighted by Crippen LogP contribution is 2.24. The summed E-state index contributed by atoms with van der Waals surface area (Å²) in [6, 6.07) is 3.87. The van der Waals surface area contributed by atoms with Crippen LogP contribution in [0.15, 0.2) is 31.1 Å². The number of aromatic nitrogens is 2. The standard InChI is InChI=1S/C15H18N2O3S/c1-11(19-2)14-9-16-17-10-13(3-4-15(14)17)20-12-5-7-21(18)8-6-12/h3-4,9-10,12H,1,5-8H2,2H3. The molecule has 1 fully saturated rings. The predicted octanol–water partition coefficient (Wildman–Crippen LogP) is 2.24. The first-order valence-corrected chi connectivity index (χ1v) is 8.38. The summed E-state index contributed by atoms with van der Waals surface area (Å²) in [4.78, 5) is 0. The maximum Gasteiger partial charge on any atom is 0.138 e. The molecule has 2 aromatic rings. The third-order valence-corrected chi connectivity index (χ3v) is 5.06. The Morgan fingerprint density at radius 2 is 2.19 bits per heavy atom. The van der Waals surface area contributed by atoms with Crippen molar-refractivity contribution in [3.63, 3.8) is 0 Å². The van der Waals surface area contributed by atoms with Crippen LogP contribution in [0.3, 0.4) is 0 Å². The average molecular weight is 306 g/mol. The lowest BCUT2D eigenvalue weighted by atomic mass is 10.2. The number of nitrogens with zero attached hydrogens (tertiary/aromatic N) is 2. The largest absolute Gasteiger partial charge is 0.616 e. The molecule has 0 atom stereocenters. The normalized spacial score (nSPS) is 22.2. The van der Waals surface area contributed by atoms with E-state index in [0.29, 0.717) is 5.76 Å². The van der Waals surface area contributed by atoms with Crippen molar-refractivity contribution < 1.29 is 14.0 Å². The van der Waals surface area contributed by atoms with Crippen LogP contribution in [0.25, 0.3) is 11.3 Å². The number of ether oxygens (including phenoxy) is 2. The fourth-order valence-corrected chi connectivity index (χ4v) is 3.70. The van der Waals surface area contributed by atoms with Crippen molar-refractivity contribution in [2.75, 3.05) is 18.6 Å². The van der Waals surface area contributed by atoms with E-state index < -0.39 is 11.2 Å². The Morgan fingerprint density at radius 1 is 1.43 bits per heavy atom. The molecule has 21 heavy (non-hydrogen) atoms. The van der Waals surface area contributed by atoms with E-state index in [-0.39, 0.29) is 6.10 Å².